The topological polar surface area (TPSA) is 3.88 Å². The van der Waals surface area contributed by atoms with E-state index in [1.165, 1.54) is 64.5 Å². The quantitative estimate of drug-likeness (QED) is 0.477. The van der Waals surface area contributed by atoms with Gasteiger partial charge in [0.1, 0.15) is 7.05 Å². The zero-order valence-corrected chi connectivity index (χ0v) is 16.4. The third kappa shape index (κ3) is 2.26. The van der Waals surface area contributed by atoms with Crippen LogP contribution in [0, 0.1) is 20.8 Å². The Morgan fingerprint density at radius 2 is 1.46 bits per heavy atom. The molecule has 1 nitrogen and oxygen atoms in total. The van der Waals surface area contributed by atoms with Crippen molar-refractivity contribution < 1.29 is 4.57 Å². The molecule has 2 aromatic carbocycles. The van der Waals surface area contributed by atoms with Gasteiger partial charge in [-0.15, -0.1) is 0 Å². The molecule has 0 atom stereocenters. The molecular weight excluding hydrogens is 314 g/mol. The predicted molar refractivity (Wildman–Crippen MR) is 109 cm³/mol. The van der Waals surface area contributed by atoms with Crippen molar-refractivity contribution in [2.45, 2.75) is 58.3 Å². The van der Waals surface area contributed by atoms with Crippen LogP contribution in [0.15, 0.2) is 36.4 Å². The molecule has 132 valence electrons. The predicted octanol–water partition coefficient (Wildman–Crippen LogP) is 6.01. The summed E-state index contributed by atoms with van der Waals surface area (Å²) in [6.45, 7) is 6.72. The lowest BCUT2D eigenvalue weighted by atomic mass is 9.66. The number of rotatable bonds is 1. The van der Waals surface area contributed by atoms with Crippen molar-refractivity contribution in [3.8, 4) is 11.3 Å². The lowest BCUT2D eigenvalue weighted by molar-refractivity contribution is -0.665. The monoisotopic (exact) mass is 342 g/mol. The molecule has 0 unspecified atom stereocenters. The molecule has 1 aromatic heterocycles. The molecule has 3 aromatic rings. The summed E-state index contributed by atoms with van der Waals surface area (Å²) in [4.78, 5) is 0. The molecular formula is C25H28N+. The van der Waals surface area contributed by atoms with Gasteiger partial charge >= 0.3 is 0 Å². The average molecular weight is 343 g/mol. The zero-order chi connectivity index (χ0) is 18.0. The summed E-state index contributed by atoms with van der Waals surface area (Å²) in [6, 6.07) is 14.2. The summed E-state index contributed by atoms with van der Waals surface area (Å²) < 4.78 is 2.39. The van der Waals surface area contributed by atoms with Crippen LogP contribution in [0.5, 0.6) is 0 Å². The van der Waals surface area contributed by atoms with E-state index < -0.39 is 0 Å². The average Bonchev–Trinajstić information content (AvgIpc) is 2.64. The Morgan fingerprint density at radius 1 is 0.808 bits per heavy atom. The molecule has 0 amide bonds. The first-order valence-electron chi connectivity index (χ1n) is 10.1. The first-order valence-corrected chi connectivity index (χ1v) is 10.1. The summed E-state index contributed by atoms with van der Waals surface area (Å²) in [6.07, 6.45) is 5.58. The Bertz CT molecular complexity index is 1040. The second kappa shape index (κ2) is 5.67. The summed E-state index contributed by atoms with van der Waals surface area (Å²) in [5.74, 6) is 1.60. The molecule has 0 aliphatic heterocycles. The van der Waals surface area contributed by atoms with Crippen LogP contribution in [0.4, 0.5) is 0 Å². The van der Waals surface area contributed by atoms with Crippen molar-refractivity contribution in [2.75, 3.05) is 0 Å². The maximum Gasteiger partial charge on any atom is 0.220 e. The Balaban J connectivity index is 1.83. The number of aryl methyl sites for hydroxylation is 3. The van der Waals surface area contributed by atoms with Crippen molar-refractivity contribution >= 4 is 10.8 Å². The molecule has 3 aliphatic carbocycles. The Labute approximate surface area is 156 Å². The van der Waals surface area contributed by atoms with Crippen LogP contribution in [-0.4, -0.2) is 0 Å². The van der Waals surface area contributed by atoms with Gasteiger partial charge in [-0.1, -0.05) is 23.8 Å². The number of benzene rings is 2. The molecule has 0 radical (unpaired) electrons. The first-order chi connectivity index (χ1) is 12.5. The summed E-state index contributed by atoms with van der Waals surface area (Å²) in [5, 5.41) is 2.72. The molecule has 6 rings (SSSR count). The second-order valence-electron chi connectivity index (χ2n) is 8.63. The Morgan fingerprint density at radius 3 is 2.15 bits per heavy atom. The highest BCUT2D eigenvalue weighted by Crippen LogP contribution is 2.50. The van der Waals surface area contributed by atoms with Crippen LogP contribution >= 0.6 is 0 Å². The lowest BCUT2D eigenvalue weighted by Crippen LogP contribution is -2.35. The van der Waals surface area contributed by atoms with E-state index >= 15 is 0 Å². The van der Waals surface area contributed by atoms with Gasteiger partial charge in [0.2, 0.25) is 5.69 Å². The normalized spacial score (nSPS) is 21.2. The molecule has 26 heavy (non-hydrogen) atoms. The minimum absolute atomic E-state index is 0.789. The highest BCUT2D eigenvalue weighted by atomic mass is 14.9. The van der Waals surface area contributed by atoms with Crippen LogP contribution in [0.3, 0.4) is 0 Å². The maximum absolute atomic E-state index is 2.55. The lowest BCUT2D eigenvalue weighted by Gasteiger charge is -2.38. The summed E-state index contributed by atoms with van der Waals surface area (Å²) in [7, 11) is 2.22. The Hall–Kier alpha value is -2.15. The van der Waals surface area contributed by atoms with E-state index in [1.54, 1.807) is 11.1 Å². The van der Waals surface area contributed by atoms with E-state index in [4.69, 9.17) is 0 Å². The number of hydrogen-bond donors (Lipinski definition) is 0. The number of nitrogens with zero attached hydrogens (tertiary/aromatic N) is 1. The highest BCUT2D eigenvalue weighted by molar-refractivity contribution is 5.94. The molecule has 1 fully saturated rings. The van der Waals surface area contributed by atoms with Crippen LogP contribution in [0.1, 0.15) is 65.5 Å². The van der Waals surface area contributed by atoms with Gasteiger partial charge in [0.25, 0.3) is 0 Å². The smallest absolute Gasteiger partial charge is 0.198 e. The van der Waals surface area contributed by atoms with E-state index in [1.807, 2.05) is 0 Å². The summed E-state index contributed by atoms with van der Waals surface area (Å²) >= 11 is 0. The van der Waals surface area contributed by atoms with Crippen molar-refractivity contribution in [1.82, 2.24) is 0 Å². The van der Waals surface area contributed by atoms with Crippen LogP contribution in [0.2, 0.25) is 0 Å². The SMILES string of the molecule is Cc1ccc2cc(C)[n+](C)c(-c3cc4c(cc3C)C3CCC4CC3)c2c1. The standard InChI is InChI=1S/C25H28N/c1-15-5-6-20-13-17(3)26(4)25(24(20)11-15)21-14-23-19-9-7-18(8-10-19)22(23)12-16(21)2/h5-6,11-14,18-19H,7-10H2,1-4H3/q+1. The fourth-order valence-electron chi connectivity index (χ4n) is 5.43. The second-order valence-corrected chi connectivity index (χ2v) is 8.63. The summed E-state index contributed by atoms with van der Waals surface area (Å²) in [5.41, 5.74) is 10.2. The number of fused-ring (bicyclic) bond motifs is 3. The van der Waals surface area contributed by atoms with E-state index in [0.29, 0.717) is 0 Å². The van der Waals surface area contributed by atoms with Crippen molar-refractivity contribution in [3.05, 3.63) is 64.3 Å². The molecule has 1 heterocycles. The van der Waals surface area contributed by atoms with Crippen LogP contribution in [-0.2, 0) is 7.05 Å². The van der Waals surface area contributed by atoms with Gasteiger partial charge in [0, 0.05) is 13.0 Å². The van der Waals surface area contributed by atoms with Gasteiger partial charge in [0.05, 0.1) is 10.9 Å². The maximum atomic E-state index is 2.55. The van der Waals surface area contributed by atoms with Crippen molar-refractivity contribution in [3.63, 3.8) is 0 Å². The molecule has 1 heteroatoms. The van der Waals surface area contributed by atoms with Gasteiger partial charge in [-0.25, -0.2) is 0 Å². The third-order valence-corrected chi connectivity index (χ3v) is 6.98. The fraction of sp³-hybridized carbons (Fsp3) is 0.400. The minimum Gasteiger partial charge on any atom is -0.198 e. The van der Waals surface area contributed by atoms with Crippen LogP contribution < -0.4 is 4.57 Å². The number of pyridine rings is 1. The van der Waals surface area contributed by atoms with Gasteiger partial charge < -0.3 is 0 Å². The molecule has 0 saturated heterocycles. The van der Waals surface area contributed by atoms with Gasteiger partial charge in [-0.05, 0) is 85.6 Å². The zero-order valence-electron chi connectivity index (χ0n) is 16.4. The van der Waals surface area contributed by atoms with Crippen molar-refractivity contribution in [2.24, 2.45) is 7.05 Å². The molecule has 1 saturated carbocycles. The fourth-order valence-corrected chi connectivity index (χ4v) is 5.43. The third-order valence-electron chi connectivity index (χ3n) is 6.98. The van der Waals surface area contributed by atoms with E-state index in [0.717, 1.165) is 11.8 Å². The van der Waals surface area contributed by atoms with Gasteiger partial charge in [-0.2, -0.15) is 4.57 Å². The largest absolute Gasteiger partial charge is 0.220 e. The van der Waals surface area contributed by atoms with Gasteiger partial charge in [-0.3, -0.25) is 0 Å². The minimum atomic E-state index is 0.789. The molecule has 0 spiro atoms. The van der Waals surface area contributed by atoms with E-state index in [9.17, 15) is 0 Å². The van der Waals surface area contributed by atoms with Crippen molar-refractivity contribution in [1.29, 1.82) is 0 Å². The molecule has 3 aliphatic rings. The van der Waals surface area contributed by atoms with E-state index in [2.05, 4.69) is 68.8 Å². The first kappa shape index (κ1) is 16.1. The van der Waals surface area contributed by atoms with E-state index in [-0.39, 0.29) is 0 Å². The number of hydrogen-bond acceptors (Lipinski definition) is 0. The van der Waals surface area contributed by atoms with Crippen LogP contribution in [0.25, 0.3) is 22.0 Å². The molecule has 2 bridgehead atoms. The molecule has 0 N–H and O–H groups in total. The number of aromatic nitrogens is 1. The Kier molecular flexibility index (Phi) is 3.50. The highest BCUT2D eigenvalue weighted by Gasteiger charge is 2.34. The van der Waals surface area contributed by atoms with Gasteiger partial charge in [0.15, 0.2) is 5.69 Å².